The highest BCUT2D eigenvalue weighted by Crippen LogP contribution is 2.25. The van der Waals surface area contributed by atoms with Crippen LogP contribution in [0.3, 0.4) is 0 Å². The van der Waals surface area contributed by atoms with Gasteiger partial charge in [-0.1, -0.05) is 0 Å². The summed E-state index contributed by atoms with van der Waals surface area (Å²) in [5.41, 5.74) is 2.47. The zero-order chi connectivity index (χ0) is 11.1. The predicted molar refractivity (Wildman–Crippen MR) is 62.5 cm³/mol. The van der Waals surface area contributed by atoms with Crippen molar-refractivity contribution in [3.8, 4) is 0 Å². The molecule has 0 aliphatic rings. The number of nitrogens with two attached hydrogens (primary N) is 1. The Morgan fingerprint density at radius 3 is 2.87 bits per heavy atom. The standard InChI is InChI=1S/C8H14BrN5O/c1-15-4-2-3-11-7-6(9)8(14-10)13-5-12-7/h5H,2-4,10H2,1H3,(H2,11,12,13,14). The zero-order valence-electron chi connectivity index (χ0n) is 8.46. The van der Waals surface area contributed by atoms with Crippen LogP contribution in [0, 0.1) is 0 Å². The highest BCUT2D eigenvalue weighted by molar-refractivity contribution is 9.10. The molecule has 4 N–H and O–H groups in total. The minimum atomic E-state index is 0.555. The second kappa shape index (κ2) is 6.54. The molecule has 0 saturated heterocycles. The molecule has 84 valence electrons. The van der Waals surface area contributed by atoms with Gasteiger partial charge < -0.3 is 15.5 Å². The molecule has 1 rings (SSSR count). The zero-order valence-corrected chi connectivity index (χ0v) is 10.0. The maximum Gasteiger partial charge on any atom is 0.159 e. The van der Waals surface area contributed by atoms with Crippen LogP contribution in [0.25, 0.3) is 0 Å². The second-order valence-corrected chi connectivity index (χ2v) is 3.60. The Balaban J connectivity index is 2.53. The first-order valence-electron chi connectivity index (χ1n) is 4.49. The van der Waals surface area contributed by atoms with E-state index >= 15 is 0 Å². The van der Waals surface area contributed by atoms with Crippen molar-refractivity contribution in [2.45, 2.75) is 6.42 Å². The molecule has 0 atom stereocenters. The number of aromatic nitrogens is 2. The second-order valence-electron chi connectivity index (χ2n) is 2.80. The lowest BCUT2D eigenvalue weighted by molar-refractivity contribution is 0.197. The van der Waals surface area contributed by atoms with Crippen molar-refractivity contribution in [3.05, 3.63) is 10.8 Å². The Bertz CT molecular complexity index is 309. The van der Waals surface area contributed by atoms with E-state index in [-0.39, 0.29) is 0 Å². The van der Waals surface area contributed by atoms with E-state index in [0.29, 0.717) is 11.6 Å². The predicted octanol–water partition coefficient (Wildman–Crippen LogP) is 0.973. The average Bonchev–Trinajstić information content (AvgIpc) is 2.26. The number of nitrogens with one attached hydrogen (secondary N) is 2. The molecule has 0 saturated carbocycles. The molecule has 0 aliphatic heterocycles. The van der Waals surface area contributed by atoms with E-state index in [1.165, 1.54) is 6.33 Å². The van der Waals surface area contributed by atoms with Crippen LogP contribution in [0.1, 0.15) is 6.42 Å². The third-order valence-corrected chi connectivity index (χ3v) is 2.50. The number of hydrazine groups is 1. The molecule has 0 radical (unpaired) electrons. The van der Waals surface area contributed by atoms with E-state index in [9.17, 15) is 0 Å². The number of nitrogens with zero attached hydrogens (tertiary/aromatic N) is 2. The largest absolute Gasteiger partial charge is 0.385 e. The fourth-order valence-electron chi connectivity index (χ4n) is 1.02. The molecule has 7 heteroatoms. The summed E-state index contributed by atoms with van der Waals surface area (Å²) in [4.78, 5) is 8.02. The first-order chi connectivity index (χ1) is 7.29. The Labute approximate surface area is 96.7 Å². The number of halogens is 1. The smallest absolute Gasteiger partial charge is 0.159 e. The molecule has 6 nitrogen and oxygen atoms in total. The monoisotopic (exact) mass is 275 g/mol. The summed E-state index contributed by atoms with van der Waals surface area (Å²) in [5.74, 6) is 6.55. The normalized spacial score (nSPS) is 10.1. The average molecular weight is 276 g/mol. The van der Waals surface area contributed by atoms with Gasteiger partial charge in [0.25, 0.3) is 0 Å². The van der Waals surface area contributed by atoms with Gasteiger partial charge >= 0.3 is 0 Å². The molecule has 0 spiro atoms. The molecule has 0 bridgehead atoms. The van der Waals surface area contributed by atoms with Gasteiger partial charge in [0.2, 0.25) is 0 Å². The van der Waals surface area contributed by atoms with Crippen molar-refractivity contribution in [2.75, 3.05) is 31.0 Å². The van der Waals surface area contributed by atoms with Gasteiger partial charge in [0, 0.05) is 20.3 Å². The number of ether oxygens (including phenoxy) is 1. The summed E-state index contributed by atoms with van der Waals surface area (Å²) in [5, 5.41) is 3.15. The fraction of sp³-hybridized carbons (Fsp3) is 0.500. The van der Waals surface area contributed by atoms with Gasteiger partial charge in [-0.3, -0.25) is 0 Å². The van der Waals surface area contributed by atoms with Crippen molar-refractivity contribution in [1.82, 2.24) is 9.97 Å². The van der Waals surface area contributed by atoms with Crippen LogP contribution < -0.4 is 16.6 Å². The summed E-state index contributed by atoms with van der Waals surface area (Å²) >= 11 is 3.35. The third-order valence-electron chi connectivity index (χ3n) is 1.74. The molecule has 1 aromatic rings. The van der Waals surface area contributed by atoms with E-state index in [2.05, 4.69) is 36.6 Å². The molecular weight excluding hydrogens is 262 g/mol. The lowest BCUT2D eigenvalue weighted by Crippen LogP contribution is -2.12. The van der Waals surface area contributed by atoms with Crippen LogP contribution in [0.2, 0.25) is 0 Å². The van der Waals surface area contributed by atoms with Crippen LogP contribution in [0.5, 0.6) is 0 Å². The van der Waals surface area contributed by atoms with Crippen molar-refractivity contribution < 1.29 is 4.74 Å². The highest BCUT2D eigenvalue weighted by Gasteiger charge is 2.06. The van der Waals surface area contributed by atoms with Crippen LogP contribution in [-0.2, 0) is 4.74 Å². The van der Waals surface area contributed by atoms with Crippen molar-refractivity contribution in [2.24, 2.45) is 5.84 Å². The summed E-state index contributed by atoms with van der Waals surface area (Å²) < 4.78 is 5.66. The van der Waals surface area contributed by atoms with E-state index in [1.54, 1.807) is 7.11 Å². The lowest BCUT2D eigenvalue weighted by atomic mass is 10.4. The fourth-order valence-corrected chi connectivity index (χ4v) is 1.48. The van der Waals surface area contributed by atoms with Gasteiger partial charge in [-0.05, 0) is 22.4 Å². The van der Waals surface area contributed by atoms with Crippen molar-refractivity contribution in [1.29, 1.82) is 0 Å². The van der Waals surface area contributed by atoms with Gasteiger partial charge in [0.1, 0.15) is 16.6 Å². The Hall–Kier alpha value is -0.920. The molecule has 0 unspecified atom stereocenters. The Morgan fingerprint density at radius 1 is 1.47 bits per heavy atom. The maximum absolute atomic E-state index is 5.28. The van der Waals surface area contributed by atoms with E-state index < -0.39 is 0 Å². The van der Waals surface area contributed by atoms with Crippen LogP contribution >= 0.6 is 15.9 Å². The number of hydrogen-bond donors (Lipinski definition) is 3. The Morgan fingerprint density at radius 2 is 2.20 bits per heavy atom. The number of nitrogen functional groups attached to an aromatic ring is 1. The highest BCUT2D eigenvalue weighted by atomic mass is 79.9. The summed E-state index contributed by atoms with van der Waals surface area (Å²) in [7, 11) is 1.68. The van der Waals surface area contributed by atoms with Gasteiger partial charge in [-0.15, -0.1) is 0 Å². The molecule has 1 aromatic heterocycles. The quantitative estimate of drug-likeness (QED) is 0.408. The molecule has 0 aliphatic carbocycles. The lowest BCUT2D eigenvalue weighted by Gasteiger charge is -2.09. The molecule has 1 heterocycles. The third kappa shape index (κ3) is 3.61. The minimum absolute atomic E-state index is 0.555. The minimum Gasteiger partial charge on any atom is -0.385 e. The molecular formula is C8H14BrN5O. The molecule has 15 heavy (non-hydrogen) atoms. The van der Waals surface area contributed by atoms with Gasteiger partial charge in [-0.25, -0.2) is 15.8 Å². The van der Waals surface area contributed by atoms with Crippen LogP contribution in [-0.4, -0.2) is 30.2 Å². The summed E-state index contributed by atoms with van der Waals surface area (Å²) in [6, 6.07) is 0. The van der Waals surface area contributed by atoms with Crippen molar-refractivity contribution in [3.63, 3.8) is 0 Å². The van der Waals surface area contributed by atoms with E-state index in [4.69, 9.17) is 10.6 Å². The topological polar surface area (TPSA) is 85.1 Å². The number of hydrogen-bond acceptors (Lipinski definition) is 6. The van der Waals surface area contributed by atoms with Crippen molar-refractivity contribution >= 4 is 27.6 Å². The first kappa shape index (κ1) is 12.2. The maximum atomic E-state index is 5.28. The van der Waals surface area contributed by atoms with Gasteiger partial charge in [0.15, 0.2) is 5.82 Å². The number of rotatable bonds is 6. The molecule has 0 fully saturated rings. The van der Waals surface area contributed by atoms with Gasteiger partial charge in [0.05, 0.1) is 0 Å². The molecule has 0 aromatic carbocycles. The van der Waals surface area contributed by atoms with Crippen LogP contribution in [0.4, 0.5) is 11.6 Å². The number of anilines is 2. The first-order valence-corrected chi connectivity index (χ1v) is 5.28. The summed E-state index contributed by atoms with van der Waals surface area (Å²) in [6.45, 7) is 1.51. The molecule has 0 amide bonds. The SMILES string of the molecule is COCCCNc1ncnc(NN)c1Br. The van der Waals surface area contributed by atoms with E-state index in [1.807, 2.05) is 0 Å². The van der Waals surface area contributed by atoms with Gasteiger partial charge in [-0.2, -0.15) is 0 Å². The van der Waals surface area contributed by atoms with E-state index in [0.717, 1.165) is 24.0 Å². The number of methoxy groups -OCH3 is 1. The Kier molecular flexibility index (Phi) is 5.30. The summed E-state index contributed by atoms with van der Waals surface area (Å²) in [6.07, 6.45) is 2.36. The van der Waals surface area contributed by atoms with Crippen LogP contribution in [0.15, 0.2) is 10.8 Å².